The van der Waals surface area contributed by atoms with Gasteiger partial charge in [0.1, 0.15) is 0 Å². The van der Waals surface area contributed by atoms with Crippen molar-refractivity contribution in [2.45, 2.75) is 0 Å². The first-order valence-corrected chi connectivity index (χ1v) is 3.36. The predicted octanol–water partition coefficient (Wildman–Crippen LogP) is 1.53. The van der Waals surface area contributed by atoms with Gasteiger partial charge in [0, 0.05) is 23.1 Å². The minimum atomic E-state index is -0.102. The van der Waals surface area contributed by atoms with Crippen LogP contribution in [-0.4, -0.2) is 4.98 Å². The van der Waals surface area contributed by atoms with E-state index < -0.39 is 0 Å². The fourth-order valence-corrected chi connectivity index (χ4v) is 1.06. The van der Waals surface area contributed by atoms with Gasteiger partial charge in [0.2, 0.25) is 0 Å². The normalized spacial score (nSPS) is 11.5. The number of aromatic nitrogens is 1. The van der Waals surface area contributed by atoms with Gasteiger partial charge >= 0.3 is 0 Å². The lowest BCUT2D eigenvalue weighted by Crippen LogP contribution is -1.98. The van der Waals surface area contributed by atoms with Gasteiger partial charge in [-0.1, -0.05) is 12.1 Å². The average Bonchev–Trinajstić information content (AvgIpc) is 2.04. The fourth-order valence-electron chi connectivity index (χ4n) is 1.06. The van der Waals surface area contributed by atoms with Crippen LogP contribution >= 0.6 is 0 Å². The molecular formula is C9H7NO. The maximum atomic E-state index is 11.3. The Morgan fingerprint density at radius 1 is 1.27 bits per heavy atom. The SMILES string of the molecule is [2H]c1cc(=O)c2ccccc2[nH]1. The van der Waals surface area contributed by atoms with Crippen LogP contribution in [0, 0.1) is 0 Å². The summed E-state index contributed by atoms with van der Waals surface area (Å²) in [6.07, 6.45) is 0.152. The van der Waals surface area contributed by atoms with Gasteiger partial charge in [-0.3, -0.25) is 4.79 Å². The highest BCUT2D eigenvalue weighted by molar-refractivity contribution is 5.77. The van der Waals surface area contributed by atoms with Crippen molar-refractivity contribution >= 4 is 10.9 Å². The monoisotopic (exact) mass is 146 g/mol. The van der Waals surface area contributed by atoms with Crippen LogP contribution < -0.4 is 5.43 Å². The molecule has 0 atom stereocenters. The number of aromatic amines is 1. The molecule has 1 N–H and O–H groups in total. The Hall–Kier alpha value is -1.57. The van der Waals surface area contributed by atoms with Crippen molar-refractivity contribution < 1.29 is 1.37 Å². The Balaban J connectivity index is 2.99. The molecule has 0 saturated carbocycles. The molecule has 1 aromatic heterocycles. The summed E-state index contributed by atoms with van der Waals surface area (Å²) in [7, 11) is 0. The van der Waals surface area contributed by atoms with Crippen molar-refractivity contribution in [1.29, 1.82) is 0 Å². The van der Waals surface area contributed by atoms with Gasteiger partial charge < -0.3 is 4.98 Å². The Morgan fingerprint density at radius 2 is 2.09 bits per heavy atom. The number of pyridine rings is 1. The summed E-state index contributed by atoms with van der Waals surface area (Å²) in [4.78, 5) is 14.1. The van der Waals surface area contributed by atoms with E-state index in [0.29, 0.717) is 5.39 Å². The van der Waals surface area contributed by atoms with Gasteiger partial charge in [-0.15, -0.1) is 0 Å². The maximum Gasteiger partial charge on any atom is 0.189 e. The van der Waals surface area contributed by atoms with Crippen LogP contribution in [0.15, 0.2) is 41.3 Å². The van der Waals surface area contributed by atoms with E-state index in [2.05, 4.69) is 4.98 Å². The molecule has 11 heavy (non-hydrogen) atoms. The van der Waals surface area contributed by atoms with Gasteiger partial charge in [-0.25, -0.2) is 0 Å². The molecule has 2 aromatic rings. The maximum absolute atomic E-state index is 11.3. The van der Waals surface area contributed by atoms with E-state index in [-0.39, 0.29) is 11.6 Å². The van der Waals surface area contributed by atoms with Crippen molar-refractivity contribution in [3.63, 3.8) is 0 Å². The molecule has 1 heterocycles. The van der Waals surface area contributed by atoms with Crippen molar-refractivity contribution in [2.75, 3.05) is 0 Å². The molecule has 0 aliphatic carbocycles. The highest BCUT2D eigenvalue weighted by Gasteiger charge is 1.92. The lowest BCUT2D eigenvalue weighted by Gasteiger charge is -1.92. The van der Waals surface area contributed by atoms with Crippen molar-refractivity contribution in [3.8, 4) is 0 Å². The predicted molar refractivity (Wildman–Crippen MR) is 44.6 cm³/mol. The van der Waals surface area contributed by atoms with Crippen LogP contribution in [0.2, 0.25) is 0 Å². The van der Waals surface area contributed by atoms with E-state index in [4.69, 9.17) is 1.37 Å². The number of benzene rings is 1. The summed E-state index contributed by atoms with van der Waals surface area (Å²) in [6.45, 7) is 0. The second-order valence-corrected chi connectivity index (χ2v) is 2.32. The lowest BCUT2D eigenvalue weighted by atomic mass is 10.2. The second-order valence-electron chi connectivity index (χ2n) is 2.32. The summed E-state index contributed by atoms with van der Waals surface area (Å²) in [6, 6.07) is 8.45. The highest BCUT2D eigenvalue weighted by Crippen LogP contribution is 2.03. The van der Waals surface area contributed by atoms with E-state index in [1.54, 1.807) is 18.2 Å². The molecule has 54 valence electrons. The van der Waals surface area contributed by atoms with Crippen molar-refractivity contribution in [1.82, 2.24) is 4.98 Å². The first-order chi connectivity index (χ1) is 5.77. The quantitative estimate of drug-likeness (QED) is 0.600. The molecule has 2 nitrogen and oxygen atoms in total. The lowest BCUT2D eigenvalue weighted by molar-refractivity contribution is 1.39. The summed E-state index contributed by atoms with van der Waals surface area (Å²) < 4.78 is 7.26. The third kappa shape index (κ3) is 0.923. The van der Waals surface area contributed by atoms with Crippen molar-refractivity contribution in [3.05, 3.63) is 46.7 Å². The number of nitrogens with one attached hydrogen (secondary N) is 1. The zero-order chi connectivity index (χ0) is 8.55. The van der Waals surface area contributed by atoms with Crippen LogP contribution in [0.25, 0.3) is 10.9 Å². The van der Waals surface area contributed by atoms with E-state index in [1.807, 2.05) is 6.07 Å². The van der Waals surface area contributed by atoms with Gasteiger partial charge in [0.15, 0.2) is 5.43 Å². The number of H-pyrrole nitrogens is 1. The third-order valence-electron chi connectivity index (χ3n) is 1.60. The van der Waals surface area contributed by atoms with Gasteiger partial charge in [0.05, 0.1) is 1.37 Å². The van der Waals surface area contributed by atoms with Gasteiger partial charge in [-0.05, 0) is 12.1 Å². The smallest absolute Gasteiger partial charge is 0.189 e. The second kappa shape index (κ2) is 2.23. The molecule has 0 aliphatic rings. The number of fused-ring (bicyclic) bond motifs is 1. The van der Waals surface area contributed by atoms with Crippen LogP contribution in [0.5, 0.6) is 0 Å². The van der Waals surface area contributed by atoms with Crippen LogP contribution in [0.1, 0.15) is 1.37 Å². The molecule has 0 saturated heterocycles. The first kappa shape index (κ1) is 5.13. The Morgan fingerprint density at radius 3 is 3.00 bits per heavy atom. The third-order valence-corrected chi connectivity index (χ3v) is 1.60. The van der Waals surface area contributed by atoms with E-state index in [0.717, 1.165) is 5.52 Å². The summed E-state index contributed by atoms with van der Waals surface area (Å²) in [5, 5.41) is 0.633. The molecule has 0 fully saturated rings. The van der Waals surface area contributed by atoms with Gasteiger partial charge in [-0.2, -0.15) is 0 Å². The number of hydrogen-bond acceptors (Lipinski definition) is 1. The zero-order valence-electron chi connectivity index (χ0n) is 6.79. The fraction of sp³-hybridized carbons (Fsp3) is 0. The first-order valence-electron chi connectivity index (χ1n) is 3.86. The van der Waals surface area contributed by atoms with Crippen LogP contribution in [-0.2, 0) is 0 Å². The van der Waals surface area contributed by atoms with E-state index in [9.17, 15) is 4.79 Å². The molecule has 0 radical (unpaired) electrons. The molecule has 0 aliphatic heterocycles. The Labute approximate surface area is 64.9 Å². The molecule has 0 unspecified atom stereocenters. The molecule has 2 heteroatoms. The van der Waals surface area contributed by atoms with Gasteiger partial charge in [0.25, 0.3) is 0 Å². The number of hydrogen-bond donors (Lipinski definition) is 1. The van der Waals surface area contributed by atoms with Crippen LogP contribution in [0.3, 0.4) is 0 Å². The summed E-state index contributed by atoms with van der Waals surface area (Å²) in [5.74, 6) is 0. The molecule has 1 aromatic carbocycles. The molecular weight excluding hydrogens is 138 g/mol. The average molecular weight is 146 g/mol. The van der Waals surface area contributed by atoms with Crippen molar-refractivity contribution in [2.24, 2.45) is 0 Å². The van der Waals surface area contributed by atoms with E-state index >= 15 is 0 Å². The Bertz CT molecular complexity index is 475. The standard InChI is InChI=1S/C9H7NO/c11-9-5-6-10-8-4-2-1-3-7(8)9/h1-6H,(H,10,11)/i6D. The van der Waals surface area contributed by atoms with Crippen LogP contribution in [0.4, 0.5) is 0 Å². The molecule has 0 spiro atoms. The minimum absolute atomic E-state index is 0.102. The zero-order valence-corrected chi connectivity index (χ0v) is 5.79. The minimum Gasteiger partial charge on any atom is -0.361 e. The van der Waals surface area contributed by atoms with E-state index in [1.165, 1.54) is 6.07 Å². The number of para-hydroxylation sites is 1. The highest BCUT2D eigenvalue weighted by atomic mass is 16.1. The molecule has 0 amide bonds. The molecule has 0 bridgehead atoms. The number of rotatable bonds is 0. The molecule has 2 rings (SSSR count). The summed E-state index contributed by atoms with van der Waals surface area (Å²) in [5.41, 5.74) is 0.615. The summed E-state index contributed by atoms with van der Waals surface area (Å²) >= 11 is 0. The largest absolute Gasteiger partial charge is 0.361 e. The Kier molecular flexibility index (Phi) is 1.04. The topological polar surface area (TPSA) is 32.9 Å².